The van der Waals surface area contributed by atoms with Crippen LogP contribution in [-0.4, -0.2) is 63.4 Å². The van der Waals surface area contributed by atoms with Gasteiger partial charge in [-0.15, -0.1) is 0 Å². The summed E-state index contributed by atoms with van der Waals surface area (Å²) in [7, 11) is 0. The Balaban J connectivity index is 0.00000289. The van der Waals surface area contributed by atoms with Crippen molar-refractivity contribution in [3.05, 3.63) is 0 Å². The second kappa shape index (κ2) is 9.39. The Labute approximate surface area is 105 Å². The number of ether oxygens (including phenoxy) is 2. The molecule has 0 aromatic rings. The van der Waals surface area contributed by atoms with Gasteiger partial charge in [0.2, 0.25) is 5.91 Å². The van der Waals surface area contributed by atoms with E-state index in [9.17, 15) is 4.79 Å². The molecule has 17 heavy (non-hydrogen) atoms. The topological polar surface area (TPSA) is 50.8 Å². The number of rotatable bonds is 9. The molecule has 102 valence electrons. The maximum absolute atomic E-state index is 10.5. The quantitative estimate of drug-likeness (QED) is 0.604. The SMILES string of the molecule is CC(=O)NCCOCCOCCN1CCCC1.[3HH]. The maximum Gasteiger partial charge on any atom is 0.216 e. The van der Waals surface area contributed by atoms with Crippen LogP contribution in [0, 0.1) is 0 Å². The number of hydrogen-bond donors (Lipinski definition) is 1. The van der Waals surface area contributed by atoms with E-state index in [1.165, 1.54) is 32.9 Å². The lowest BCUT2D eigenvalue weighted by molar-refractivity contribution is -0.119. The van der Waals surface area contributed by atoms with E-state index < -0.39 is 0 Å². The molecule has 1 aliphatic rings. The third kappa shape index (κ3) is 8.12. The number of nitrogens with zero attached hydrogens (tertiary/aromatic N) is 1. The molecule has 0 spiro atoms. The molecule has 0 unspecified atom stereocenters. The first kappa shape index (κ1) is 14.4. The van der Waals surface area contributed by atoms with Crippen LogP contribution in [0.3, 0.4) is 0 Å². The molecule has 1 rings (SSSR count). The highest BCUT2D eigenvalue weighted by molar-refractivity contribution is 5.72. The summed E-state index contributed by atoms with van der Waals surface area (Å²) in [5.74, 6) is -0.0181. The number of likely N-dealkylation sites (tertiary alicyclic amines) is 1. The molecule has 0 aromatic heterocycles. The summed E-state index contributed by atoms with van der Waals surface area (Å²) < 4.78 is 10.8. The van der Waals surface area contributed by atoms with Gasteiger partial charge in [0.05, 0.1) is 26.4 Å². The Bertz CT molecular complexity index is 211. The molecule has 1 N–H and O–H groups in total. The smallest absolute Gasteiger partial charge is 0.216 e. The van der Waals surface area contributed by atoms with E-state index in [2.05, 4.69) is 10.2 Å². The Kier molecular flexibility index (Phi) is 7.96. The van der Waals surface area contributed by atoms with Crippen molar-refractivity contribution in [2.45, 2.75) is 19.8 Å². The van der Waals surface area contributed by atoms with E-state index in [4.69, 9.17) is 9.47 Å². The highest BCUT2D eigenvalue weighted by atomic mass is 16.5. The summed E-state index contributed by atoms with van der Waals surface area (Å²) in [5.41, 5.74) is 0. The Morgan fingerprint density at radius 1 is 1.18 bits per heavy atom. The van der Waals surface area contributed by atoms with E-state index in [0.717, 1.165) is 13.2 Å². The zero-order valence-corrected chi connectivity index (χ0v) is 10.7. The number of amides is 1. The first-order valence-electron chi connectivity index (χ1n) is 6.41. The second-order valence-electron chi connectivity index (χ2n) is 4.26. The van der Waals surface area contributed by atoms with Gasteiger partial charge >= 0.3 is 0 Å². The molecule has 0 radical (unpaired) electrons. The lowest BCUT2D eigenvalue weighted by Gasteiger charge is -2.14. The monoisotopic (exact) mass is 248 g/mol. The summed E-state index contributed by atoms with van der Waals surface area (Å²) in [6.45, 7) is 8.11. The van der Waals surface area contributed by atoms with E-state index in [1.807, 2.05) is 0 Å². The van der Waals surface area contributed by atoms with Crippen LogP contribution >= 0.6 is 0 Å². The van der Waals surface area contributed by atoms with Gasteiger partial charge in [-0.3, -0.25) is 4.79 Å². The zero-order chi connectivity index (χ0) is 12.3. The lowest BCUT2D eigenvalue weighted by Crippen LogP contribution is -2.26. The summed E-state index contributed by atoms with van der Waals surface area (Å²) in [5, 5.41) is 2.67. The van der Waals surface area contributed by atoms with Gasteiger partial charge in [0.15, 0.2) is 0 Å². The average molecular weight is 248 g/mol. The molecule has 1 saturated heterocycles. The average Bonchev–Trinajstić information content (AvgIpc) is 2.79. The van der Waals surface area contributed by atoms with Crippen LogP contribution in [0.15, 0.2) is 0 Å². The fraction of sp³-hybridized carbons (Fsp3) is 0.917. The molecule has 1 amide bonds. The molecule has 0 aliphatic carbocycles. The molecule has 0 aromatic carbocycles. The zero-order valence-electron chi connectivity index (χ0n) is 10.7. The molecule has 1 heterocycles. The van der Waals surface area contributed by atoms with Crippen LogP contribution in [0.25, 0.3) is 0 Å². The van der Waals surface area contributed by atoms with Gasteiger partial charge in [-0.05, 0) is 25.9 Å². The molecular weight excluding hydrogens is 220 g/mol. The third-order valence-electron chi connectivity index (χ3n) is 2.74. The van der Waals surface area contributed by atoms with E-state index in [0.29, 0.717) is 26.4 Å². The first-order valence-corrected chi connectivity index (χ1v) is 6.41. The van der Waals surface area contributed by atoms with Gasteiger partial charge in [0, 0.05) is 21.4 Å². The van der Waals surface area contributed by atoms with Crippen molar-refractivity contribution in [2.75, 3.05) is 52.6 Å². The largest absolute Gasteiger partial charge is 0.378 e. The highest BCUT2D eigenvalue weighted by Crippen LogP contribution is 2.05. The Hall–Kier alpha value is -0.650. The van der Waals surface area contributed by atoms with Crippen molar-refractivity contribution in [1.29, 1.82) is 0 Å². The molecule has 5 nitrogen and oxygen atoms in total. The van der Waals surface area contributed by atoms with Gasteiger partial charge in [-0.1, -0.05) is 0 Å². The summed E-state index contributed by atoms with van der Waals surface area (Å²) >= 11 is 0. The van der Waals surface area contributed by atoms with E-state index in [-0.39, 0.29) is 7.33 Å². The predicted molar refractivity (Wildman–Crippen MR) is 68.1 cm³/mol. The van der Waals surface area contributed by atoms with Crippen molar-refractivity contribution >= 4 is 5.91 Å². The second-order valence-corrected chi connectivity index (χ2v) is 4.26. The normalized spacial score (nSPS) is 16.3. The van der Waals surface area contributed by atoms with Gasteiger partial charge in [0.25, 0.3) is 0 Å². The van der Waals surface area contributed by atoms with Crippen LogP contribution in [-0.2, 0) is 14.3 Å². The van der Waals surface area contributed by atoms with Crippen molar-refractivity contribution in [1.82, 2.24) is 10.2 Å². The molecule has 0 atom stereocenters. The highest BCUT2D eigenvalue weighted by Gasteiger charge is 2.09. The summed E-state index contributed by atoms with van der Waals surface area (Å²) in [4.78, 5) is 13.0. The van der Waals surface area contributed by atoms with Crippen LogP contribution in [0.5, 0.6) is 0 Å². The summed E-state index contributed by atoms with van der Waals surface area (Å²) in [6, 6.07) is 0. The Morgan fingerprint density at radius 2 is 1.82 bits per heavy atom. The minimum absolute atomic E-state index is 0. The predicted octanol–water partition coefficient (Wildman–Crippen LogP) is 0.498. The van der Waals surface area contributed by atoms with Crippen molar-refractivity contribution < 1.29 is 15.7 Å². The fourth-order valence-electron chi connectivity index (χ4n) is 1.82. The maximum atomic E-state index is 10.5. The van der Waals surface area contributed by atoms with E-state index >= 15 is 0 Å². The molecule has 1 fully saturated rings. The van der Waals surface area contributed by atoms with Crippen molar-refractivity contribution in [3.63, 3.8) is 0 Å². The molecule has 0 bridgehead atoms. The van der Waals surface area contributed by atoms with Crippen LogP contribution in [0.2, 0.25) is 0 Å². The fourth-order valence-corrected chi connectivity index (χ4v) is 1.82. The number of carbonyl (C=O) groups is 1. The van der Waals surface area contributed by atoms with Gasteiger partial charge in [0.1, 0.15) is 0 Å². The van der Waals surface area contributed by atoms with Gasteiger partial charge in [-0.2, -0.15) is 0 Å². The van der Waals surface area contributed by atoms with Crippen LogP contribution in [0.1, 0.15) is 21.2 Å². The van der Waals surface area contributed by atoms with Crippen LogP contribution in [0.4, 0.5) is 0 Å². The Morgan fingerprint density at radius 3 is 2.47 bits per heavy atom. The third-order valence-corrected chi connectivity index (χ3v) is 2.74. The van der Waals surface area contributed by atoms with E-state index in [1.54, 1.807) is 0 Å². The van der Waals surface area contributed by atoms with Crippen LogP contribution < -0.4 is 5.32 Å². The number of carbonyl (C=O) groups excluding carboxylic acids is 1. The number of nitrogens with one attached hydrogen (secondary N) is 1. The summed E-state index contributed by atoms with van der Waals surface area (Å²) in [6.07, 6.45) is 2.65. The van der Waals surface area contributed by atoms with Crippen molar-refractivity contribution in [2.24, 2.45) is 0 Å². The first-order chi connectivity index (χ1) is 8.29. The van der Waals surface area contributed by atoms with Gasteiger partial charge < -0.3 is 19.7 Å². The molecule has 1 aliphatic heterocycles. The molecule has 5 heteroatoms. The van der Waals surface area contributed by atoms with Crippen molar-refractivity contribution in [3.8, 4) is 0 Å². The standard InChI is InChI=1S/C12H24N2O3.H2/c1-12(15)13-4-8-16-10-11-17-9-7-14-5-2-3-6-14;/h2-11H2,1H3,(H,13,15);1H/i;1+2. The molecular formula is C12H26N2O3. The number of hydrogen-bond acceptors (Lipinski definition) is 4. The van der Waals surface area contributed by atoms with Gasteiger partial charge in [-0.25, -0.2) is 0 Å². The molecule has 0 saturated carbocycles. The minimum atomic E-state index is -0.0181. The minimum Gasteiger partial charge on any atom is -0.378 e. The lowest BCUT2D eigenvalue weighted by atomic mass is 10.4.